The summed E-state index contributed by atoms with van der Waals surface area (Å²) in [5.41, 5.74) is 0.750. The Labute approximate surface area is 175 Å². The third kappa shape index (κ3) is 6.59. The van der Waals surface area contributed by atoms with Crippen LogP contribution in [0, 0.1) is 0 Å². The van der Waals surface area contributed by atoms with Gasteiger partial charge in [0.15, 0.2) is 11.6 Å². The van der Waals surface area contributed by atoms with Crippen molar-refractivity contribution < 1.29 is 24.2 Å². The van der Waals surface area contributed by atoms with Gasteiger partial charge in [-0.15, -0.1) is 5.10 Å². The van der Waals surface area contributed by atoms with Gasteiger partial charge in [-0.25, -0.2) is 14.5 Å². The highest BCUT2D eigenvalue weighted by atomic mass is 16.5. The highest BCUT2D eigenvalue weighted by Crippen LogP contribution is 2.05. The summed E-state index contributed by atoms with van der Waals surface area (Å²) in [6, 6.07) is 7.62. The molecule has 2 heterocycles. The number of carboxylic acids is 1. The van der Waals surface area contributed by atoms with E-state index in [-0.39, 0.29) is 19.0 Å². The molecular weight excluding hydrogens is 406 g/mol. The minimum absolute atomic E-state index is 0.0185. The maximum Gasteiger partial charge on any atom is 0.408 e. The van der Waals surface area contributed by atoms with Gasteiger partial charge < -0.3 is 20.1 Å². The fraction of sp³-hybridized carbons (Fsp3) is 0.211. The average Bonchev–Trinajstić information content (AvgIpc) is 3.42. The molecule has 3 rings (SSSR count). The quantitative estimate of drug-likeness (QED) is 0.428. The molecule has 0 spiro atoms. The van der Waals surface area contributed by atoms with Crippen molar-refractivity contribution in [1.29, 1.82) is 0 Å². The summed E-state index contributed by atoms with van der Waals surface area (Å²) in [6.45, 7) is -0.364. The number of hydrogen-bond acceptors (Lipinski definition) is 8. The van der Waals surface area contributed by atoms with Crippen molar-refractivity contribution in [3.63, 3.8) is 0 Å². The number of aliphatic carboxylic acids is 1. The van der Waals surface area contributed by atoms with Gasteiger partial charge in [0.05, 0.1) is 6.42 Å². The molecule has 12 nitrogen and oxygen atoms in total. The Morgan fingerprint density at radius 1 is 1.23 bits per heavy atom. The zero-order chi connectivity index (χ0) is 22.1. The van der Waals surface area contributed by atoms with E-state index in [9.17, 15) is 14.4 Å². The molecule has 0 saturated carbocycles. The number of imidazole rings is 1. The molecule has 0 aliphatic heterocycles. The fourth-order valence-corrected chi connectivity index (χ4v) is 2.55. The van der Waals surface area contributed by atoms with E-state index < -0.39 is 30.3 Å². The topological polar surface area (TPSA) is 165 Å². The Kier molecular flexibility index (Phi) is 7.19. The maximum absolute atomic E-state index is 12.6. The summed E-state index contributed by atoms with van der Waals surface area (Å²) in [5, 5.41) is 22.5. The first-order valence-corrected chi connectivity index (χ1v) is 9.16. The number of nitrogens with one attached hydrogen (secondary N) is 2. The van der Waals surface area contributed by atoms with Crippen LogP contribution >= 0.6 is 0 Å². The van der Waals surface area contributed by atoms with Gasteiger partial charge >= 0.3 is 12.1 Å². The lowest BCUT2D eigenvalue weighted by Gasteiger charge is -2.16. The van der Waals surface area contributed by atoms with Crippen molar-refractivity contribution in [3.05, 3.63) is 59.9 Å². The standard InChI is InChI=1S/C19H19N7O5/c27-15(11-26-17(23-24-25-26)7-6-16-20-8-9-21-16)14(10-18(28)29)22-19(30)31-12-13-4-2-1-3-5-13/h1-9,14H,10-12H2,(H,20,21)(H,22,30)(H,28,29). The molecule has 0 aliphatic rings. The van der Waals surface area contributed by atoms with Gasteiger partial charge in [0.1, 0.15) is 25.0 Å². The number of ketones is 1. The number of H-pyrrole nitrogens is 1. The second-order valence-electron chi connectivity index (χ2n) is 6.33. The first-order valence-electron chi connectivity index (χ1n) is 9.16. The minimum atomic E-state index is -1.31. The molecule has 3 aromatic rings. The van der Waals surface area contributed by atoms with Gasteiger partial charge in [0, 0.05) is 12.4 Å². The average molecular weight is 425 g/mol. The molecule has 12 heteroatoms. The number of rotatable bonds is 10. The van der Waals surface area contributed by atoms with Gasteiger partial charge in [-0.2, -0.15) is 0 Å². The first kappa shape index (κ1) is 21.4. The molecule has 0 bridgehead atoms. The second-order valence-corrected chi connectivity index (χ2v) is 6.33. The third-order valence-electron chi connectivity index (χ3n) is 4.05. The van der Waals surface area contributed by atoms with Gasteiger partial charge in [0.2, 0.25) is 0 Å². The minimum Gasteiger partial charge on any atom is -0.481 e. The van der Waals surface area contributed by atoms with Crippen LogP contribution in [0.3, 0.4) is 0 Å². The molecule has 0 radical (unpaired) electrons. The summed E-state index contributed by atoms with van der Waals surface area (Å²) in [4.78, 5) is 42.8. The molecule has 0 fully saturated rings. The number of aromatic nitrogens is 6. The fourth-order valence-electron chi connectivity index (χ4n) is 2.55. The molecule has 31 heavy (non-hydrogen) atoms. The number of alkyl carbamates (subject to hydrolysis) is 1. The number of Topliss-reactive ketones (excluding diaryl/α,β-unsaturated/α-hetero) is 1. The van der Waals surface area contributed by atoms with Crippen molar-refractivity contribution in [2.75, 3.05) is 0 Å². The number of ether oxygens (including phenoxy) is 1. The van der Waals surface area contributed by atoms with E-state index >= 15 is 0 Å². The van der Waals surface area contributed by atoms with Crippen LogP contribution in [-0.4, -0.2) is 59.2 Å². The molecule has 1 unspecified atom stereocenters. The van der Waals surface area contributed by atoms with Crippen LogP contribution in [0.2, 0.25) is 0 Å². The lowest BCUT2D eigenvalue weighted by Crippen LogP contribution is -2.44. The molecule has 160 valence electrons. The molecule has 0 saturated heterocycles. The second kappa shape index (κ2) is 10.4. The Morgan fingerprint density at radius 2 is 2.03 bits per heavy atom. The highest BCUT2D eigenvalue weighted by molar-refractivity contribution is 5.90. The molecule has 0 aliphatic carbocycles. The predicted octanol–water partition coefficient (Wildman–Crippen LogP) is 0.905. The largest absolute Gasteiger partial charge is 0.481 e. The summed E-state index contributed by atoms with van der Waals surface area (Å²) < 4.78 is 6.25. The van der Waals surface area contributed by atoms with Crippen LogP contribution in [0.1, 0.15) is 23.6 Å². The van der Waals surface area contributed by atoms with Crippen LogP contribution in [0.15, 0.2) is 42.7 Å². The lowest BCUT2D eigenvalue weighted by molar-refractivity contribution is -0.139. The number of carbonyl (C=O) groups excluding carboxylic acids is 2. The first-order chi connectivity index (χ1) is 15.0. The summed E-state index contributed by atoms with van der Waals surface area (Å²) in [6.07, 6.45) is 4.86. The van der Waals surface area contributed by atoms with E-state index in [0.29, 0.717) is 5.82 Å². The summed E-state index contributed by atoms with van der Waals surface area (Å²) >= 11 is 0. The van der Waals surface area contributed by atoms with E-state index in [2.05, 4.69) is 30.8 Å². The molecular formula is C19H19N7O5. The monoisotopic (exact) mass is 425 g/mol. The normalized spacial score (nSPS) is 11.9. The lowest BCUT2D eigenvalue weighted by atomic mass is 10.1. The summed E-state index contributed by atoms with van der Waals surface area (Å²) in [5.74, 6) is -1.03. The number of tetrazole rings is 1. The van der Waals surface area contributed by atoms with E-state index in [4.69, 9.17) is 9.84 Å². The van der Waals surface area contributed by atoms with E-state index in [1.54, 1.807) is 48.8 Å². The number of carbonyl (C=O) groups is 3. The number of nitrogens with zero attached hydrogens (tertiary/aromatic N) is 5. The Morgan fingerprint density at radius 3 is 2.74 bits per heavy atom. The third-order valence-corrected chi connectivity index (χ3v) is 4.05. The van der Waals surface area contributed by atoms with Gasteiger partial charge in [-0.3, -0.25) is 9.59 Å². The van der Waals surface area contributed by atoms with Crippen LogP contribution in [0.25, 0.3) is 12.2 Å². The van der Waals surface area contributed by atoms with Crippen molar-refractivity contribution in [2.24, 2.45) is 0 Å². The van der Waals surface area contributed by atoms with Gasteiger partial charge in [0.25, 0.3) is 0 Å². The Balaban J connectivity index is 1.61. The predicted molar refractivity (Wildman–Crippen MR) is 106 cm³/mol. The number of carboxylic acid groups (broad SMARTS) is 1. The smallest absolute Gasteiger partial charge is 0.408 e. The van der Waals surface area contributed by atoms with E-state index in [0.717, 1.165) is 5.56 Å². The van der Waals surface area contributed by atoms with Crippen LogP contribution in [0.5, 0.6) is 0 Å². The Hall–Kier alpha value is -4.35. The SMILES string of the molecule is O=C(O)CC(NC(=O)OCc1ccccc1)C(=O)Cn1nnnc1C=Cc1ncc[nH]1. The molecule has 2 aromatic heterocycles. The van der Waals surface area contributed by atoms with Crippen LogP contribution in [-0.2, 0) is 27.5 Å². The van der Waals surface area contributed by atoms with Crippen molar-refractivity contribution in [2.45, 2.75) is 25.6 Å². The van der Waals surface area contributed by atoms with E-state index in [1.807, 2.05) is 6.07 Å². The summed E-state index contributed by atoms with van der Waals surface area (Å²) in [7, 11) is 0. The van der Waals surface area contributed by atoms with Crippen molar-refractivity contribution in [3.8, 4) is 0 Å². The number of hydrogen-bond donors (Lipinski definition) is 3. The van der Waals surface area contributed by atoms with Crippen molar-refractivity contribution >= 4 is 30.0 Å². The molecule has 1 amide bonds. The maximum atomic E-state index is 12.6. The van der Waals surface area contributed by atoms with E-state index in [1.165, 1.54) is 4.68 Å². The zero-order valence-electron chi connectivity index (χ0n) is 16.2. The zero-order valence-corrected chi connectivity index (χ0v) is 16.2. The van der Waals surface area contributed by atoms with Gasteiger partial charge in [-0.05, 0) is 28.1 Å². The molecule has 3 N–H and O–H groups in total. The highest BCUT2D eigenvalue weighted by Gasteiger charge is 2.25. The van der Waals surface area contributed by atoms with Crippen LogP contribution < -0.4 is 5.32 Å². The number of aromatic amines is 1. The Bertz CT molecular complexity index is 1050. The number of amides is 1. The van der Waals surface area contributed by atoms with Crippen molar-refractivity contribution in [1.82, 2.24) is 35.5 Å². The molecule has 1 aromatic carbocycles. The van der Waals surface area contributed by atoms with Gasteiger partial charge in [-0.1, -0.05) is 30.3 Å². The molecule has 1 atom stereocenters. The number of benzene rings is 1. The van der Waals surface area contributed by atoms with Crippen LogP contribution in [0.4, 0.5) is 4.79 Å².